The van der Waals surface area contributed by atoms with Gasteiger partial charge in [0.25, 0.3) is 0 Å². The zero-order chi connectivity index (χ0) is 23.4. The molecule has 0 saturated heterocycles. The number of nitriles is 1. The van der Waals surface area contributed by atoms with Gasteiger partial charge in [-0.05, 0) is 26.8 Å². The van der Waals surface area contributed by atoms with Gasteiger partial charge in [-0.2, -0.15) is 10.4 Å². The minimum Gasteiger partial charge on any atom is -0.387 e. The molecular formula is C20H21ClN8O3. The molecule has 11 nitrogen and oxygen atoms in total. The Morgan fingerprint density at radius 2 is 2.03 bits per heavy atom. The summed E-state index contributed by atoms with van der Waals surface area (Å²) >= 11 is 6.28. The van der Waals surface area contributed by atoms with E-state index in [0.29, 0.717) is 33.9 Å². The fraction of sp³-hybridized carbons (Fsp3) is 0.300. The molecule has 3 N–H and O–H groups in total. The van der Waals surface area contributed by atoms with Gasteiger partial charge in [0.15, 0.2) is 5.82 Å². The number of carbonyl (C=O) groups excluding carboxylic acids is 1. The molecule has 3 aromatic heterocycles. The lowest BCUT2D eigenvalue weighted by atomic mass is 10.0. The predicted octanol–water partition coefficient (Wildman–Crippen LogP) is 3.30. The van der Waals surface area contributed by atoms with Gasteiger partial charge in [-0.1, -0.05) is 11.6 Å². The van der Waals surface area contributed by atoms with E-state index in [1.165, 1.54) is 36.6 Å². The van der Waals surface area contributed by atoms with Crippen LogP contribution in [0.2, 0.25) is 5.02 Å². The van der Waals surface area contributed by atoms with Crippen LogP contribution in [-0.2, 0) is 4.74 Å². The molecular weight excluding hydrogens is 436 g/mol. The number of anilines is 2. The highest BCUT2D eigenvalue weighted by molar-refractivity contribution is 6.32. The molecule has 0 fully saturated rings. The molecule has 3 heterocycles. The number of methoxy groups -OCH3 is 1. The van der Waals surface area contributed by atoms with Gasteiger partial charge in [0.1, 0.15) is 11.8 Å². The Bertz CT molecular complexity index is 1190. The summed E-state index contributed by atoms with van der Waals surface area (Å²) in [5, 5.41) is 32.7. The van der Waals surface area contributed by atoms with Crippen LogP contribution in [0.1, 0.15) is 48.6 Å². The molecule has 12 heteroatoms. The number of rotatable bonds is 6. The molecule has 2 amide bonds. The van der Waals surface area contributed by atoms with Crippen LogP contribution < -0.4 is 10.6 Å². The van der Waals surface area contributed by atoms with Crippen molar-refractivity contribution < 1.29 is 14.6 Å². The zero-order valence-electron chi connectivity index (χ0n) is 17.8. The van der Waals surface area contributed by atoms with Crippen molar-refractivity contribution in [3.63, 3.8) is 0 Å². The number of hydrogen-bond acceptors (Lipinski definition) is 8. The Morgan fingerprint density at radius 1 is 1.28 bits per heavy atom. The van der Waals surface area contributed by atoms with Crippen LogP contribution in [0.3, 0.4) is 0 Å². The predicted molar refractivity (Wildman–Crippen MR) is 117 cm³/mol. The van der Waals surface area contributed by atoms with Gasteiger partial charge in [0, 0.05) is 12.7 Å². The first-order chi connectivity index (χ1) is 15.2. The average Bonchev–Trinajstić information content (AvgIpc) is 3.24. The van der Waals surface area contributed by atoms with E-state index in [0.717, 1.165) is 0 Å². The number of nitrogens with one attached hydrogen (secondary N) is 2. The average molecular weight is 457 g/mol. The number of aliphatic hydroxyl groups is 1. The van der Waals surface area contributed by atoms with Crippen LogP contribution in [0.25, 0.3) is 5.82 Å². The van der Waals surface area contributed by atoms with E-state index in [4.69, 9.17) is 16.3 Å². The highest BCUT2D eigenvalue weighted by atomic mass is 35.5. The molecule has 0 radical (unpaired) electrons. The molecule has 1 unspecified atom stereocenters. The summed E-state index contributed by atoms with van der Waals surface area (Å²) in [4.78, 5) is 22.1. The second-order valence-electron chi connectivity index (χ2n) is 6.88. The second kappa shape index (κ2) is 9.69. The number of aromatic nitrogens is 5. The maximum Gasteiger partial charge on any atom is 0.323 e. The van der Waals surface area contributed by atoms with Crippen molar-refractivity contribution in [1.82, 2.24) is 25.0 Å². The van der Waals surface area contributed by atoms with Crippen molar-refractivity contribution in [1.29, 1.82) is 5.26 Å². The van der Waals surface area contributed by atoms with Gasteiger partial charge in [0.2, 0.25) is 0 Å². The standard InChI is InChI=1S/C20H21ClN8O3/c1-10-14(6-22)18(12(3)32-4)17(8-23-10)27-20(31)26-13-5-15(21)19(24-7-13)29-25-9-16(28-29)11(2)30/h5,7-9,11-12,30H,1-4H3,(H2,26,27,31)/t11?,12-/m0/s1. The molecule has 0 aliphatic heterocycles. The maximum absolute atomic E-state index is 12.6. The van der Waals surface area contributed by atoms with Gasteiger partial charge in [0.05, 0.1) is 58.5 Å². The molecule has 0 aromatic carbocycles. The van der Waals surface area contributed by atoms with E-state index in [9.17, 15) is 15.2 Å². The van der Waals surface area contributed by atoms with Crippen LogP contribution in [0.5, 0.6) is 0 Å². The third-order valence-corrected chi connectivity index (χ3v) is 4.91. The summed E-state index contributed by atoms with van der Waals surface area (Å²) in [6.07, 6.45) is 3.05. The first-order valence-corrected chi connectivity index (χ1v) is 9.89. The molecule has 3 aromatic rings. The number of ether oxygens (including phenoxy) is 1. The van der Waals surface area contributed by atoms with Crippen LogP contribution in [0, 0.1) is 18.3 Å². The number of urea groups is 1. The Kier molecular flexibility index (Phi) is 6.99. The number of aliphatic hydroxyl groups excluding tert-OH is 1. The van der Waals surface area contributed by atoms with Crippen LogP contribution >= 0.6 is 11.6 Å². The van der Waals surface area contributed by atoms with Gasteiger partial charge < -0.3 is 20.5 Å². The van der Waals surface area contributed by atoms with Gasteiger partial charge in [-0.25, -0.2) is 9.78 Å². The lowest BCUT2D eigenvalue weighted by Gasteiger charge is -2.18. The molecule has 0 aliphatic carbocycles. The molecule has 2 atom stereocenters. The SMILES string of the molecule is CO[C@@H](C)c1c(NC(=O)Nc2cnc(-n3ncc(C(C)O)n3)c(Cl)c2)cnc(C)c1C#N. The Morgan fingerprint density at radius 3 is 2.62 bits per heavy atom. The number of hydrogen-bond donors (Lipinski definition) is 3. The number of nitrogens with zero attached hydrogens (tertiary/aromatic N) is 6. The van der Waals surface area contributed by atoms with Crippen molar-refractivity contribution in [2.24, 2.45) is 0 Å². The largest absolute Gasteiger partial charge is 0.387 e. The molecule has 0 spiro atoms. The third-order valence-electron chi connectivity index (χ3n) is 4.64. The molecule has 3 rings (SSSR count). The van der Waals surface area contributed by atoms with Crippen LogP contribution in [0.4, 0.5) is 16.2 Å². The molecule has 0 aliphatic rings. The van der Waals surface area contributed by atoms with Crippen molar-refractivity contribution in [3.8, 4) is 11.9 Å². The summed E-state index contributed by atoms with van der Waals surface area (Å²) < 4.78 is 5.35. The molecule has 0 saturated carbocycles. The smallest absolute Gasteiger partial charge is 0.323 e. The van der Waals surface area contributed by atoms with E-state index < -0.39 is 18.2 Å². The van der Waals surface area contributed by atoms with E-state index in [1.54, 1.807) is 20.8 Å². The third kappa shape index (κ3) is 4.83. The summed E-state index contributed by atoms with van der Waals surface area (Å²) in [6.45, 7) is 5.05. The minimum absolute atomic E-state index is 0.188. The van der Waals surface area contributed by atoms with Crippen molar-refractivity contribution in [2.75, 3.05) is 17.7 Å². The maximum atomic E-state index is 12.6. The molecule has 166 valence electrons. The lowest BCUT2D eigenvalue weighted by Crippen LogP contribution is -2.22. The van der Waals surface area contributed by atoms with Crippen molar-refractivity contribution >= 4 is 29.0 Å². The number of amides is 2. The van der Waals surface area contributed by atoms with Gasteiger partial charge in [-0.3, -0.25) is 4.98 Å². The van der Waals surface area contributed by atoms with E-state index in [-0.39, 0.29) is 10.8 Å². The van der Waals surface area contributed by atoms with Crippen molar-refractivity contribution in [2.45, 2.75) is 33.0 Å². The quantitative estimate of drug-likeness (QED) is 0.511. The number of halogens is 1. The van der Waals surface area contributed by atoms with Gasteiger partial charge in [-0.15, -0.1) is 9.90 Å². The first-order valence-electron chi connectivity index (χ1n) is 9.51. The number of pyridine rings is 2. The van der Waals surface area contributed by atoms with E-state index in [2.05, 4.69) is 36.9 Å². The lowest BCUT2D eigenvalue weighted by molar-refractivity contribution is 0.120. The first kappa shape index (κ1) is 23.1. The number of aryl methyl sites for hydroxylation is 1. The minimum atomic E-state index is -0.782. The Hall–Kier alpha value is -3.59. The Balaban J connectivity index is 1.80. The molecule has 32 heavy (non-hydrogen) atoms. The summed E-state index contributed by atoms with van der Waals surface area (Å²) in [5.74, 6) is 0.238. The monoisotopic (exact) mass is 456 g/mol. The topological polar surface area (TPSA) is 151 Å². The van der Waals surface area contributed by atoms with E-state index >= 15 is 0 Å². The highest BCUT2D eigenvalue weighted by Gasteiger charge is 2.20. The Labute approximate surface area is 189 Å². The normalized spacial score (nSPS) is 12.7. The van der Waals surface area contributed by atoms with Crippen LogP contribution in [0.15, 0.2) is 24.7 Å². The molecule has 0 bridgehead atoms. The summed E-state index contributed by atoms with van der Waals surface area (Å²) in [5.41, 5.74) is 2.45. The number of carbonyl (C=O) groups is 1. The fourth-order valence-corrected chi connectivity index (χ4v) is 3.15. The second-order valence-corrected chi connectivity index (χ2v) is 7.29. The van der Waals surface area contributed by atoms with Crippen LogP contribution in [-0.4, -0.2) is 43.2 Å². The van der Waals surface area contributed by atoms with E-state index in [1.807, 2.05) is 0 Å². The van der Waals surface area contributed by atoms with Crippen molar-refractivity contribution in [3.05, 3.63) is 52.2 Å². The van der Waals surface area contributed by atoms with Gasteiger partial charge >= 0.3 is 6.03 Å². The summed E-state index contributed by atoms with van der Waals surface area (Å²) in [7, 11) is 1.51. The zero-order valence-corrected chi connectivity index (χ0v) is 18.5. The summed E-state index contributed by atoms with van der Waals surface area (Å²) in [6, 6.07) is 3.02. The highest BCUT2D eigenvalue weighted by Crippen LogP contribution is 2.30. The fourth-order valence-electron chi connectivity index (χ4n) is 2.91.